The molecule has 0 fully saturated rings. The molecule has 106 valence electrons. The van der Waals surface area contributed by atoms with Gasteiger partial charge in [0.1, 0.15) is 10.7 Å². The van der Waals surface area contributed by atoms with E-state index in [0.717, 1.165) is 11.6 Å². The molecule has 0 unspecified atom stereocenters. The van der Waals surface area contributed by atoms with Gasteiger partial charge >= 0.3 is 0 Å². The van der Waals surface area contributed by atoms with Gasteiger partial charge in [-0.25, -0.2) is 12.8 Å². The quantitative estimate of drug-likeness (QED) is 0.901. The molecule has 20 heavy (non-hydrogen) atoms. The van der Waals surface area contributed by atoms with Crippen molar-refractivity contribution in [1.29, 1.82) is 0 Å². The first-order valence-electron chi connectivity index (χ1n) is 5.85. The Hall–Kier alpha value is -1.40. The van der Waals surface area contributed by atoms with E-state index in [1.54, 1.807) is 19.1 Å². The van der Waals surface area contributed by atoms with E-state index in [4.69, 9.17) is 0 Å². The highest BCUT2D eigenvalue weighted by molar-refractivity contribution is 9.10. The van der Waals surface area contributed by atoms with Gasteiger partial charge in [-0.3, -0.25) is 4.72 Å². The number of hydrogen-bond donors (Lipinski definition) is 1. The van der Waals surface area contributed by atoms with Crippen molar-refractivity contribution in [2.24, 2.45) is 0 Å². The molecule has 0 saturated carbocycles. The number of aryl methyl sites for hydroxylation is 2. The van der Waals surface area contributed by atoms with Crippen molar-refractivity contribution in [2.45, 2.75) is 18.7 Å². The number of benzene rings is 2. The first-order valence-corrected chi connectivity index (χ1v) is 8.12. The second-order valence-corrected chi connectivity index (χ2v) is 7.00. The summed E-state index contributed by atoms with van der Waals surface area (Å²) in [5.74, 6) is -0.490. The monoisotopic (exact) mass is 357 g/mol. The van der Waals surface area contributed by atoms with Crippen LogP contribution in [0.3, 0.4) is 0 Å². The zero-order valence-electron chi connectivity index (χ0n) is 10.9. The van der Waals surface area contributed by atoms with E-state index in [-0.39, 0.29) is 10.6 Å². The van der Waals surface area contributed by atoms with E-state index < -0.39 is 15.8 Å². The maximum Gasteiger partial charge on any atom is 0.263 e. The van der Waals surface area contributed by atoms with E-state index in [1.807, 2.05) is 6.92 Å². The van der Waals surface area contributed by atoms with Gasteiger partial charge in [-0.05, 0) is 65.2 Å². The third kappa shape index (κ3) is 3.19. The molecule has 2 aromatic carbocycles. The van der Waals surface area contributed by atoms with Crippen LogP contribution in [0.2, 0.25) is 0 Å². The van der Waals surface area contributed by atoms with Crippen LogP contribution in [0, 0.1) is 19.7 Å². The first-order chi connectivity index (χ1) is 9.29. The minimum absolute atomic E-state index is 0.117. The van der Waals surface area contributed by atoms with Gasteiger partial charge in [0.15, 0.2) is 0 Å². The Morgan fingerprint density at radius 2 is 1.80 bits per heavy atom. The molecule has 0 radical (unpaired) electrons. The van der Waals surface area contributed by atoms with Crippen molar-refractivity contribution in [1.82, 2.24) is 0 Å². The number of rotatable bonds is 3. The number of nitrogens with one attached hydrogen (secondary N) is 1. The molecule has 0 saturated heterocycles. The standard InChI is InChI=1S/C14H13BrFNO2S/c1-9-3-6-14(12(15)7-9)20(18,19)17-13-8-11(16)5-4-10(13)2/h3-8,17H,1-2H3. The summed E-state index contributed by atoms with van der Waals surface area (Å²) in [5.41, 5.74) is 1.83. The molecule has 0 aliphatic rings. The molecular formula is C14H13BrFNO2S. The molecular weight excluding hydrogens is 345 g/mol. The summed E-state index contributed by atoms with van der Waals surface area (Å²) in [5, 5.41) is 0. The van der Waals surface area contributed by atoms with Gasteiger partial charge in [0.05, 0.1) is 5.69 Å². The van der Waals surface area contributed by atoms with E-state index >= 15 is 0 Å². The molecule has 3 nitrogen and oxygen atoms in total. The van der Waals surface area contributed by atoms with Crippen LogP contribution in [-0.2, 0) is 10.0 Å². The normalized spacial score (nSPS) is 11.4. The highest BCUT2D eigenvalue weighted by atomic mass is 79.9. The van der Waals surface area contributed by atoms with Crippen LogP contribution in [-0.4, -0.2) is 8.42 Å². The molecule has 2 aromatic rings. The molecule has 0 spiro atoms. The third-order valence-corrected chi connectivity index (χ3v) is 5.16. The molecule has 0 heterocycles. The molecule has 0 aliphatic carbocycles. The van der Waals surface area contributed by atoms with Crippen molar-refractivity contribution in [3.05, 3.63) is 57.8 Å². The van der Waals surface area contributed by atoms with Crippen molar-refractivity contribution >= 4 is 31.6 Å². The predicted molar refractivity (Wildman–Crippen MR) is 80.8 cm³/mol. The van der Waals surface area contributed by atoms with Gasteiger partial charge in [0.25, 0.3) is 10.0 Å². The Morgan fingerprint density at radius 1 is 1.10 bits per heavy atom. The second-order valence-electron chi connectivity index (χ2n) is 4.50. The van der Waals surface area contributed by atoms with E-state index in [1.165, 1.54) is 18.2 Å². The Bertz CT molecular complexity index is 760. The Labute approximate surface area is 126 Å². The van der Waals surface area contributed by atoms with E-state index in [9.17, 15) is 12.8 Å². The van der Waals surface area contributed by atoms with Crippen LogP contribution in [0.4, 0.5) is 10.1 Å². The number of hydrogen-bond acceptors (Lipinski definition) is 2. The van der Waals surface area contributed by atoms with Crippen LogP contribution >= 0.6 is 15.9 Å². The van der Waals surface area contributed by atoms with Crippen LogP contribution in [0.15, 0.2) is 45.8 Å². The van der Waals surface area contributed by atoms with Crippen molar-refractivity contribution < 1.29 is 12.8 Å². The van der Waals surface area contributed by atoms with Gasteiger partial charge in [-0.2, -0.15) is 0 Å². The summed E-state index contributed by atoms with van der Waals surface area (Å²) in [4.78, 5) is 0.117. The highest BCUT2D eigenvalue weighted by Gasteiger charge is 2.18. The third-order valence-electron chi connectivity index (χ3n) is 2.82. The van der Waals surface area contributed by atoms with Gasteiger partial charge in [-0.1, -0.05) is 12.1 Å². The largest absolute Gasteiger partial charge is 0.279 e. The highest BCUT2D eigenvalue weighted by Crippen LogP contribution is 2.26. The fourth-order valence-electron chi connectivity index (χ4n) is 1.73. The molecule has 6 heteroatoms. The second kappa shape index (κ2) is 5.54. The van der Waals surface area contributed by atoms with Gasteiger partial charge in [0.2, 0.25) is 0 Å². The summed E-state index contributed by atoms with van der Waals surface area (Å²) in [7, 11) is -3.76. The number of anilines is 1. The molecule has 0 atom stereocenters. The lowest BCUT2D eigenvalue weighted by molar-refractivity contribution is 0.600. The molecule has 0 aliphatic heterocycles. The molecule has 0 bridgehead atoms. The van der Waals surface area contributed by atoms with Crippen molar-refractivity contribution in [2.75, 3.05) is 4.72 Å². The zero-order valence-corrected chi connectivity index (χ0v) is 13.3. The van der Waals surface area contributed by atoms with E-state index in [2.05, 4.69) is 20.7 Å². The van der Waals surface area contributed by atoms with Crippen LogP contribution in [0.25, 0.3) is 0 Å². The average molecular weight is 358 g/mol. The van der Waals surface area contributed by atoms with Crippen LogP contribution in [0.5, 0.6) is 0 Å². The molecule has 0 amide bonds. The van der Waals surface area contributed by atoms with Gasteiger partial charge in [0, 0.05) is 4.47 Å². The molecule has 0 aromatic heterocycles. The smallest absolute Gasteiger partial charge is 0.263 e. The topological polar surface area (TPSA) is 46.2 Å². The van der Waals surface area contributed by atoms with Crippen LogP contribution < -0.4 is 4.72 Å². The summed E-state index contributed by atoms with van der Waals surface area (Å²) in [6.45, 7) is 3.58. The minimum atomic E-state index is -3.76. The number of halogens is 2. The Kier molecular flexibility index (Phi) is 4.15. The fourth-order valence-corrected chi connectivity index (χ4v) is 4.04. The van der Waals surface area contributed by atoms with Crippen LogP contribution in [0.1, 0.15) is 11.1 Å². The maximum atomic E-state index is 13.2. The lowest BCUT2D eigenvalue weighted by Gasteiger charge is -2.12. The summed E-state index contributed by atoms with van der Waals surface area (Å²) < 4.78 is 40.8. The van der Waals surface area contributed by atoms with Gasteiger partial charge in [-0.15, -0.1) is 0 Å². The minimum Gasteiger partial charge on any atom is -0.279 e. The number of sulfonamides is 1. The summed E-state index contributed by atoms with van der Waals surface area (Å²) in [6, 6.07) is 8.91. The average Bonchev–Trinajstić information content (AvgIpc) is 2.33. The lowest BCUT2D eigenvalue weighted by atomic mass is 10.2. The first kappa shape index (κ1) is 15.0. The van der Waals surface area contributed by atoms with Crippen molar-refractivity contribution in [3.63, 3.8) is 0 Å². The fraction of sp³-hybridized carbons (Fsp3) is 0.143. The Morgan fingerprint density at radius 3 is 2.45 bits per heavy atom. The van der Waals surface area contributed by atoms with Crippen molar-refractivity contribution in [3.8, 4) is 0 Å². The van der Waals surface area contributed by atoms with E-state index in [0.29, 0.717) is 10.0 Å². The lowest BCUT2D eigenvalue weighted by Crippen LogP contribution is -2.14. The van der Waals surface area contributed by atoms with Gasteiger partial charge < -0.3 is 0 Å². The SMILES string of the molecule is Cc1ccc(S(=O)(=O)Nc2cc(F)ccc2C)c(Br)c1. The maximum absolute atomic E-state index is 13.2. The summed E-state index contributed by atoms with van der Waals surface area (Å²) >= 11 is 3.24. The zero-order chi connectivity index (χ0) is 14.9. The summed E-state index contributed by atoms with van der Waals surface area (Å²) in [6.07, 6.45) is 0. The Balaban J connectivity index is 2.43. The molecule has 1 N–H and O–H groups in total. The predicted octanol–water partition coefficient (Wildman–Crippen LogP) is 4.01. The molecule has 2 rings (SSSR count).